The average Bonchev–Trinajstić information content (AvgIpc) is 3.02. The van der Waals surface area contributed by atoms with Gasteiger partial charge < -0.3 is 15.2 Å². The molecule has 0 fully saturated rings. The fourth-order valence-electron chi connectivity index (χ4n) is 2.89. The maximum atomic E-state index is 12.2. The average molecular weight is 339 g/mol. The number of carbonyl (C=O) groups excluding carboxylic acids is 1. The second kappa shape index (κ2) is 7.36. The number of aliphatic hydroxyl groups is 1. The molecule has 3 aromatic rings. The number of amides is 1. The van der Waals surface area contributed by atoms with Crippen LogP contribution in [-0.4, -0.2) is 34.4 Å². The predicted octanol–water partition coefficient (Wildman–Crippen LogP) is 2.44. The van der Waals surface area contributed by atoms with E-state index >= 15 is 0 Å². The number of carbonyl (C=O) groups is 1. The highest BCUT2D eigenvalue weighted by atomic mass is 16.5. The SMILES string of the molecule is COc1nn(C)cc1C(=O)NCCC(O)c1cccc2ccccc12. The quantitative estimate of drug-likeness (QED) is 0.723. The number of nitrogens with one attached hydrogen (secondary N) is 1. The molecule has 0 saturated heterocycles. The van der Waals surface area contributed by atoms with Crippen molar-refractivity contribution in [2.45, 2.75) is 12.5 Å². The van der Waals surface area contributed by atoms with Crippen LogP contribution in [0, 0.1) is 0 Å². The van der Waals surface area contributed by atoms with E-state index < -0.39 is 6.10 Å². The summed E-state index contributed by atoms with van der Waals surface area (Å²) < 4.78 is 6.62. The Morgan fingerprint density at radius 3 is 2.84 bits per heavy atom. The molecule has 0 radical (unpaired) electrons. The Morgan fingerprint density at radius 2 is 2.04 bits per heavy atom. The summed E-state index contributed by atoms with van der Waals surface area (Å²) in [5.74, 6) is 0.0182. The van der Waals surface area contributed by atoms with E-state index in [4.69, 9.17) is 4.74 Å². The van der Waals surface area contributed by atoms with Gasteiger partial charge in [0.25, 0.3) is 5.91 Å². The van der Waals surface area contributed by atoms with E-state index in [1.807, 2.05) is 42.5 Å². The molecule has 0 aliphatic heterocycles. The molecular formula is C19H21N3O3. The molecular weight excluding hydrogens is 318 g/mol. The highest BCUT2D eigenvalue weighted by molar-refractivity contribution is 5.96. The van der Waals surface area contributed by atoms with E-state index in [0.717, 1.165) is 16.3 Å². The van der Waals surface area contributed by atoms with Crippen molar-refractivity contribution in [3.63, 3.8) is 0 Å². The van der Waals surface area contributed by atoms with Crippen LogP contribution in [-0.2, 0) is 7.05 Å². The van der Waals surface area contributed by atoms with Gasteiger partial charge in [0.15, 0.2) is 0 Å². The van der Waals surface area contributed by atoms with Crippen molar-refractivity contribution in [3.8, 4) is 5.88 Å². The smallest absolute Gasteiger partial charge is 0.258 e. The number of benzene rings is 2. The summed E-state index contributed by atoms with van der Waals surface area (Å²) in [6.07, 6.45) is 1.37. The fourth-order valence-corrected chi connectivity index (χ4v) is 2.89. The lowest BCUT2D eigenvalue weighted by Gasteiger charge is -2.14. The summed E-state index contributed by atoms with van der Waals surface area (Å²) >= 11 is 0. The molecule has 3 rings (SSSR count). The topological polar surface area (TPSA) is 76.4 Å². The van der Waals surface area contributed by atoms with Gasteiger partial charge in [0.05, 0.1) is 13.2 Å². The lowest BCUT2D eigenvalue weighted by molar-refractivity contribution is 0.0940. The Balaban J connectivity index is 1.64. The minimum atomic E-state index is -0.651. The van der Waals surface area contributed by atoms with Gasteiger partial charge in [-0.2, -0.15) is 0 Å². The monoisotopic (exact) mass is 339 g/mol. The van der Waals surface area contributed by atoms with Gasteiger partial charge >= 0.3 is 0 Å². The summed E-state index contributed by atoms with van der Waals surface area (Å²) in [5.41, 5.74) is 1.25. The minimum absolute atomic E-state index is 0.268. The van der Waals surface area contributed by atoms with Crippen molar-refractivity contribution in [1.82, 2.24) is 15.1 Å². The largest absolute Gasteiger partial charge is 0.479 e. The van der Waals surface area contributed by atoms with Crippen molar-refractivity contribution in [1.29, 1.82) is 0 Å². The van der Waals surface area contributed by atoms with Gasteiger partial charge in [0, 0.05) is 19.8 Å². The van der Waals surface area contributed by atoms with Crippen LogP contribution in [0.15, 0.2) is 48.7 Å². The van der Waals surface area contributed by atoms with Crippen LogP contribution in [0.1, 0.15) is 28.4 Å². The van der Waals surface area contributed by atoms with Crippen LogP contribution in [0.2, 0.25) is 0 Å². The summed E-state index contributed by atoms with van der Waals surface area (Å²) in [5, 5.41) is 19.5. The number of nitrogens with zero attached hydrogens (tertiary/aromatic N) is 2. The number of rotatable bonds is 6. The van der Waals surface area contributed by atoms with Crippen molar-refractivity contribution < 1.29 is 14.6 Å². The Hall–Kier alpha value is -2.86. The first-order valence-corrected chi connectivity index (χ1v) is 8.11. The zero-order chi connectivity index (χ0) is 17.8. The van der Waals surface area contributed by atoms with Gasteiger partial charge in [0.2, 0.25) is 5.88 Å². The fraction of sp³-hybridized carbons (Fsp3) is 0.263. The molecule has 25 heavy (non-hydrogen) atoms. The van der Waals surface area contributed by atoms with Crippen molar-refractivity contribution >= 4 is 16.7 Å². The highest BCUT2D eigenvalue weighted by Gasteiger charge is 2.17. The van der Waals surface area contributed by atoms with Gasteiger partial charge in [-0.25, -0.2) is 0 Å². The van der Waals surface area contributed by atoms with Crippen LogP contribution in [0.4, 0.5) is 0 Å². The number of fused-ring (bicyclic) bond motifs is 1. The second-order valence-corrected chi connectivity index (χ2v) is 5.85. The van der Waals surface area contributed by atoms with E-state index in [0.29, 0.717) is 18.5 Å². The molecule has 1 amide bonds. The summed E-state index contributed by atoms with van der Waals surface area (Å²) in [4.78, 5) is 12.2. The van der Waals surface area contributed by atoms with Crippen molar-refractivity contribution in [2.75, 3.05) is 13.7 Å². The summed E-state index contributed by atoms with van der Waals surface area (Å²) in [6.45, 7) is 0.348. The standard InChI is InChI=1S/C19H21N3O3/c1-22-12-16(19(21-22)25-2)18(24)20-11-10-17(23)15-9-5-7-13-6-3-4-8-14(13)15/h3-9,12,17,23H,10-11H2,1-2H3,(H,20,24). The zero-order valence-corrected chi connectivity index (χ0v) is 14.3. The number of aromatic nitrogens is 2. The third-order valence-corrected chi connectivity index (χ3v) is 4.12. The summed E-state index contributed by atoms with van der Waals surface area (Å²) in [6, 6.07) is 13.8. The first-order valence-electron chi connectivity index (χ1n) is 8.11. The number of methoxy groups -OCH3 is 1. The van der Waals surface area contributed by atoms with Crippen molar-refractivity contribution in [3.05, 3.63) is 59.8 Å². The van der Waals surface area contributed by atoms with E-state index in [-0.39, 0.29) is 11.8 Å². The van der Waals surface area contributed by atoms with Gasteiger partial charge in [-0.15, -0.1) is 5.10 Å². The molecule has 0 saturated carbocycles. The van der Waals surface area contributed by atoms with Gasteiger partial charge in [-0.1, -0.05) is 42.5 Å². The van der Waals surface area contributed by atoms with E-state index in [1.54, 1.807) is 13.2 Å². The molecule has 6 heteroatoms. The number of aliphatic hydroxyl groups excluding tert-OH is 1. The minimum Gasteiger partial charge on any atom is -0.479 e. The molecule has 6 nitrogen and oxygen atoms in total. The number of hydrogen-bond acceptors (Lipinski definition) is 4. The highest BCUT2D eigenvalue weighted by Crippen LogP contribution is 2.26. The van der Waals surface area contributed by atoms with Crippen LogP contribution < -0.4 is 10.1 Å². The third kappa shape index (κ3) is 3.64. The molecule has 0 spiro atoms. The maximum Gasteiger partial charge on any atom is 0.258 e. The van der Waals surface area contributed by atoms with Gasteiger partial charge in [0.1, 0.15) is 5.56 Å². The van der Waals surface area contributed by atoms with E-state index in [9.17, 15) is 9.90 Å². The van der Waals surface area contributed by atoms with Crippen LogP contribution in [0.25, 0.3) is 10.8 Å². The van der Waals surface area contributed by atoms with E-state index in [1.165, 1.54) is 11.8 Å². The van der Waals surface area contributed by atoms with Crippen LogP contribution in [0.3, 0.4) is 0 Å². The lowest BCUT2D eigenvalue weighted by Crippen LogP contribution is -2.25. The maximum absolute atomic E-state index is 12.2. The van der Waals surface area contributed by atoms with Gasteiger partial charge in [-0.05, 0) is 22.8 Å². The summed E-state index contributed by atoms with van der Waals surface area (Å²) in [7, 11) is 3.20. The molecule has 1 aromatic heterocycles. The normalized spacial score (nSPS) is 12.1. The predicted molar refractivity (Wildman–Crippen MR) is 95.6 cm³/mol. The second-order valence-electron chi connectivity index (χ2n) is 5.85. The molecule has 2 aromatic carbocycles. The Labute approximate surface area is 146 Å². The zero-order valence-electron chi connectivity index (χ0n) is 14.3. The molecule has 1 heterocycles. The number of aryl methyl sites for hydroxylation is 1. The molecule has 1 atom stereocenters. The molecule has 130 valence electrons. The Morgan fingerprint density at radius 1 is 1.28 bits per heavy atom. The van der Waals surface area contributed by atoms with Crippen LogP contribution in [0.5, 0.6) is 5.88 Å². The lowest BCUT2D eigenvalue weighted by atomic mass is 9.99. The Kier molecular flexibility index (Phi) is 5.00. The molecule has 0 aliphatic carbocycles. The molecule has 0 aliphatic rings. The molecule has 2 N–H and O–H groups in total. The first-order chi connectivity index (χ1) is 12.1. The van der Waals surface area contributed by atoms with Crippen LogP contribution >= 0.6 is 0 Å². The molecule has 0 bridgehead atoms. The van der Waals surface area contributed by atoms with Crippen molar-refractivity contribution in [2.24, 2.45) is 7.05 Å². The Bertz CT molecular complexity index is 883. The first kappa shape index (κ1) is 17.0. The van der Waals surface area contributed by atoms with Gasteiger partial charge in [-0.3, -0.25) is 9.48 Å². The van der Waals surface area contributed by atoms with E-state index in [2.05, 4.69) is 10.4 Å². The molecule has 1 unspecified atom stereocenters. The number of ether oxygens (including phenoxy) is 1. The number of hydrogen-bond donors (Lipinski definition) is 2. The third-order valence-electron chi connectivity index (χ3n) is 4.12.